The molecule has 6 nitrogen and oxygen atoms in total. The highest BCUT2D eigenvalue weighted by Crippen LogP contribution is 2.24. The maximum Gasteiger partial charge on any atom is 0.245 e. The van der Waals surface area contributed by atoms with Gasteiger partial charge in [0, 0.05) is 10.7 Å². The van der Waals surface area contributed by atoms with E-state index in [1.54, 1.807) is 49.4 Å². The number of ether oxygens (including phenoxy) is 1. The number of anilines is 2. The second kappa shape index (κ2) is 7.76. The Morgan fingerprint density at radius 1 is 1.20 bits per heavy atom. The molecular formula is C17H19ClN2O4S. The molecule has 2 rings (SSSR count). The molecule has 0 saturated heterocycles. The largest absolute Gasteiger partial charge is 0.497 e. The first-order valence-electron chi connectivity index (χ1n) is 7.39. The number of carbonyl (C=O) groups is 1. The number of carbonyl (C=O) groups excluding carboxylic acids is 1. The second-order valence-corrected chi connectivity index (χ2v) is 7.74. The molecule has 0 aliphatic rings. The highest BCUT2D eigenvalue weighted by Gasteiger charge is 2.21. The van der Waals surface area contributed by atoms with Crippen LogP contribution in [0.15, 0.2) is 42.5 Å². The van der Waals surface area contributed by atoms with Crippen molar-refractivity contribution in [1.82, 2.24) is 0 Å². The van der Waals surface area contributed by atoms with Crippen LogP contribution in [0.25, 0.3) is 0 Å². The first-order chi connectivity index (χ1) is 11.7. The zero-order valence-corrected chi connectivity index (χ0v) is 15.7. The molecular weight excluding hydrogens is 364 g/mol. The number of amides is 1. The number of halogens is 1. The minimum atomic E-state index is -3.64. The second-order valence-electron chi connectivity index (χ2n) is 5.43. The van der Waals surface area contributed by atoms with E-state index in [0.717, 1.165) is 10.6 Å². The summed E-state index contributed by atoms with van der Waals surface area (Å²) in [5.74, 6) is 0.128. The minimum Gasteiger partial charge on any atom is -0.497 e. The Kier molecular flexibility index (Phi) is 5.92. The van der Waals surface area contributed by atoms with Crippen molar-refractivity contribution in [2.75, 3.05) is 29.5 Å². The molecule has 25 heavy (non-hydrogen) atoms. The number of hydrogen-bond acceptors (Lipinski definition) is 4. The van der Waals surface area contributed by atoms with E-state index in [9.17, 15) is 13.2 Å². The van der Waals surface area contributed by atoms with Gasteiger partial charge in [0.2, 0.25) is 15.9 Å². The molecule has 0 fully saturated rings. The average Bonchev–Trinajstić information content (AvgIpc) is 2.56. The van der Waals surface area contributed by atoms with Crippen LogP contribution in [0, 0.1) is 6.92 Å². The molecule has 2 aromatic carbocycles. The first-order valence-corrected chi connectivity index (χ1v) is 9.61. The van der Waals surface area contributed by atoms with Crippen molar-refractivity contribution in [1.29, 1.82) is 0 Å². The fourth-order valence-electron chi connectivity index (χ4n) is 2.21. The van der Waals surface area contributed by atoms with E-state index < -0.39 is 15.9 Å². The molecule has 0 aliphatic carbocycles. The zero-order valence-electron chi connectivity index (χ0n) is 14.1. The van der Waals surface area contributed by atoms with Crippen molar-refractivity contribution >= 4 is 38.9 Å². The number of hydrogen-bond donors (Lipinski definition) is 1. The van der Waals surface area contributed by atoms with Crippen molar-refractivity contribution < 1.29 is 17.9 Å². The van der Waals surface area contributed by atoms with Crippen molar-refractivity contribution in [3.05, 3.63) is 53.1 Å². The van der Waals surface area contributed by atoms with Gasteiger partial charge in [-0.3, -0.25) is 9.10 Å². The summed E-state index contributed by atoms with van der Waals surface area (Å²) in [6, 6.07) is 11.6. The summed E-state index contributed by atoms with van der Waals surface area (Å²) in [5, 5.41) is 3.21. The third kappa shape index (κ3) is 4.87. The number of nitrogens with zero attached hydrogens (tertiary/aromatic N) is 1. The summed E-state index contributed by atoms with van der Waals surface area (Å²) < 4.78 is 30.3. The van der Waals surface area contributed by atoms with Gasteiger partial charge in [0.05, 0.1) is 19.1 Å². The van der Waals surface area contributed by atoms with Gasteiger partial charge in [-0.15, -0.1) is 0 Å². The molecule has 1 amide bonds. The maximum absolute atomic E-state index is 12.3. The topological polar surface area (TPSA) is 75.7 Å². The van der Waals surface area contributed by atoms with Crippen LogP contribution in [-0.4, -0.2) is 34.2 Å². The number of rotatable bonds is 6. The Bertz CT molecular complexity index is 867. The molecule has 2 aromatic rings. The highest BCUT2D eigenvalue weighted by atomic mass is 35.5. The van der Waals surface area contributed by atoms with Gasteiger partial charge >= 0.3 is 0 Å². The van der Waals surface area contributed by atoms with E-state index in [0.29, 0.717) is 27.7 Å². The van der Waals surface area contributed by atoms with E-state index in [4.69, 9.17) is 16.3 Å². The first kappa shape index (κ1) is 19.1. The monoisotopic (exact) mass is 382 g/mol. The number of benzene rings is 2. The normalized spacial score (nSPS) is 11.0. The minimum absolute atomic E-state index is 0.350. The van der Waals surface area contributed by atoms with Gasteiger partial charge in [-0.25, -0.2) is 8.42 Å². The Balaban J connectivity index is 2.22. The van der Waals surface area contributed by atoms with Crippen LogP contribution in [-0.2, 0) is 14.8 Å². The van der Waals surface area contributed by atoms with Crippen molar-refractivity contribution in [2.45, 2.75) is 6.92 Å². The molecule has 0 bridgehead atoms. The molecule has 0 unspecified atom stereocenters. The molecule has 0 saturated carbocycles. The standard InChI is InChI=1S/C17H19ClN2O4S/c1-12-15(18)5-4-6-16(12)19-17(21)11-20(25(3,22)23)13-7-9-14(24-2)10-8-13/h4-10H,11H2,1-3H3,(H,19,21). The van der Waals surface area contributed by atoms with E-state index in [1.165, 1.54) is 7.11 Å². The lowest BCUT2D eigenvalue weighted by molar-refractivity contribution is -0.114. The molecule has 0 atom stereocenters. The van der Waals surface area contributed by atoms with Crippen LogP contribution in [0.4, 0.5) is 11.4 Å². The Labute approximate surface area is 152 Å². The highest BCUT2D eigenvalue weighted by molar-refractivity contribution is 7.92. The number of sulfonamides is 1. The van der Waals surface area contributed by atoms with Gasteiger partial charge in [0.15, 0.2) is 0 Å². The third-order valence-corrected chi connectivity index (χ3v) is 5.14. The lowest BCUT2D eigenvalue weighted by atomic mass is 10.2. The number of methoxy groups -OCH3 is 1. The van der Waals surface area contributed by atoms with Gasteiger partial charge in [0.1, 0.15) is 12.3 Å². The van der Waals surface area contributed by atoms with Crippen LogP contribution in [0.3, 0.4) is 0 Å². The Hall–Kier alpha value is -2.25. The van der Waals surface area contributed by atoms with E-state index in [1.807, 2.05) is 0 Å². The molecule has 134 valence electrons. The van der Waals surface area contributed by atoms with Crippen LogP contribution < -0.4 is 14.4 Å². The average molecular weight is 383 g/mol. The quantitative estimate of drug-likeness (QED) is 0.833. The van der Waals surface area contributed by atoms with Gasteiger partial charge in [-0.1, -0.05) is 17.7 Å². The summed E-state index contributed by atoms with van der Waals surface area (Å²) >= 11 is 6.03. The van der Waals surface area contributed by atoms with E-state index in [2.05, 4.69) is 5.32 Å². The van der Waals surface area contributed by atoms with Crippen LogP contribution in [0.5, 0.6) is 5.75 Å². The molecule has 0 aromatic heterocycles. The summed E-state index contributed by atoms with van der Waals surface area (Å²) in [4.78, 5) is 12.3. The summed E-state index contributed by atoms with van der Waals surface area (Å²) in [7, 11) is -2.12. The van der Waals surface area contributed by atoms with Crippen molar-refractivity contribution in [2.24, 2.45) is 0 Å². The summed E-state index contributed by atoms with van der Waals surface area (Å²) in [6.45, 7) is 1.42. The van der Waals surface area contributed by atoms with Crippen molar-refractivity contribution in [3.63, 3.8) is 0 Å². The lowest BCUT2D eigenvalue weighted by Crippen LogP contribution is -2.37. The fourth-order valence-corrected chi connectivity index (χ4v) is 3.24. The number of nitrogens with one attached hydrogen (secondary N) is 1. The SMILES string of the molecule is COc1ccc(N(CC(=O)Nc2cccc(Cl)c2C)S(C)(=O)=O)cc1. The maximum atomic E-state index is 12.3. The molecule has 0 radical (unpaired) electrons. The van der Waals surface area contributed by atoms with Crippen LogP contribution in [0.1, 0.15) is 5.56 Å². The van der Waals surface area contributed by atoms with Crippen LogP contribution in [0.2, 0.25) is 5.02 Å². The van der Waals surface area contributed by atoms with Gasteiger partial charge in [-0.2, -0.15) is 0 Å². The predicted molar refractivity (Wildman–Crippen MR) is 100 cm³/mol. The molecule has 0 aliphatic heterocycles. The van der Waals surface area contributed by atoms with Crippen LogP contribution >= 0.6 is 11.6 Å². The third-order valence-electron chi connectivity index (χ3n) is 3.59. The summed E-state index contributed by atoms with van der Waals surface area (Å²) in [6.07, 6.45) is 1.05. The molecule has 1 N–H and O–H groups in total. The lowest BCUT2D eigenvalue weighted by Gasteiger charge is -2.22. The van der Waals surface area contributed by atoms with Gasteiger partial charge < -0.3 is 10.1 Å². The zero-order chi connectivity index (χ0) is 18.6. The fraction of sp³-hybridized carbons (Fsp3) is 0.235. The molecule has 0 heterocycles. The molecule has 8 heteroatoms. The Morgan fingerprint density at radius 3 is 2.40 bits per heavy atom. The Morgan fingerprint density at radius 2 is 1.84 bits per heavy atom. The van der Waals surface area contributed by atoms with Crippen molar-refractivity contribution in [3.8, 4) is 5.75 Å². The van der Waals surface area contributed by atoms with E-state index >= 15 is 0 Å². The predicted octanol–water partition coefficient (Wildman–Crippen LogP) is 3.06. The molecule has 0 spiro atoms. The summed E-state index contributed by atoms with van der Waals surface area (Å²) in [5.41, 5.74) is 1.63. The van der Waals surface area contributed by atoms with Gasteiger partial charge in [0.25, 0.3) is 0 Å². The smallest absolute Gasteiger partial charge is 0.245 e. The van der Waals surface area contributed by atoms with Gasteiger partial charge in [-0.05, 0) is 48.9 Å². The van der Waals surface area contributed by atoms with E-state index in [-0.39, 0.29) is 6.54 Å².